The molecule has 1 aliphatic heterocycles. The van der Waals surface area contributed by atoms with Gasteiger partial charge in [-0.2, -0.15) is 0 Å². The van der Waals surface area contributed by atoms with E-state index in [1.165, 1.54) is 16.9 Å². The molecule has 3 N–H and O–H groups in total. The second kappa shape index (κ2) is 9.73. The van der Waals surface area contributed by atoms with E-state index in [-0.39, 0.29) is 63.7 Å². The van der Waals surface area contributed by atoms with Crippen molar-refractivity contribution in [3.05, 3.63) is 56.1 Å². The summed E-state index contributed by atoms with van der Waals surface area (Å²) in [4.78, 5) is 34.6. The molecule has 0 spiro atoms. The molecule has 1 amide bonds. The molecule has 3 atom stereocenters. The van der Waals surface area contributed by atoms with Crippen molar-refractivity contribution in [2.75, 3.05) is 18.0 Å². The second-order valence-electron chi connectivity index (χ2n) is 10.3. The summed E-state index contributed by atoms with van der Waals surface area (Å²) in [6.07, 6.45) is 0. The summed E-state index contributed by atoms with van der Waals surface area (Å²) < 4.78 is 0. The number of carboxylic acid groups (broad SMARTS) is 1. The molecule has 2 fully saturated rings. The zero-order valence-electron chi connectivity index (χ0n) is 19.8. The number of fused-ring (bicyclic) bond motifs is 1. The summed E-state index contributed by atoms with van der Waals surface area (Å²) in [7, 11) is 0. The van der Waals surface area contributed by atoms with Crippen LogP contribution in [0.2, 0.25) is 10.0 Å². The summed E-state index contributed by atoms with van der Waals surface area (Å²) >= 11 is 13.5. The molecule has 36 heavy (non-hydrogen) atoms. The van der Waals surface area contributed by atoms with Crippen molar-refractivity contribution in [2.24, 2.45) is 11.8 Å². The number of carboxylic acids is 1. The molecule has 2 aliphatic rings. The van der Waals surface area contributed by atoms with E-state index in [1.54, 1.807) is 6.92 Å². The number of aromatic carboxylic acids is 1. The van der Waals surface area contributed by atoms with Gasteiger partial charge >= 0.3 is 24.8 Å². The molecule has 186 valence electrons. The number of aromatic amines is 1. The molecule has 11 heteroatoms. The van der Waals surface area contributed by atoms with Gasteiger partial charge in [-0.15, -0.1) is 0 Å². The number of hydrogen-bond donors (Lipinski definition) is 3. The second-order valence-corrected chi connectivity index (χ2v) is 12.0. The third-order valence-corrected chi connectivity index (χ3v) is 8.93. The Morgan fingerprint density at radius 1 is 1.14 bits per heavy atom. The standard InChI is InChI=1S/C25H26Cl2N4O3S.Li.H/c1-11-16(26)17(27)20(28-11)22(32)29-19-14-9-31(10-15(14)19)24-30-18(21(35-24)23(33)34)12-5-7-13(8-6-12)25(2,3)4;;/h5-8,14-15,19,28H,9-10H2,1-4H3,(H,29,32)(H,33,34);;/t14-,15+,19+;;. The van der Waals surface area contributed by atoms with Crippen LogP contribution in [0.4, 0.5) is 5.13 Å². The van der Waals surface area contributed by atoms with Gasteiger partial charge < -0.3 is 20.3 Å². The van der Waals surface area contributed by atoms with Crippen LogP contribution in [0, 0.1) is 18.8 Å². The first-order valence-electron chi connectivity index (χ1n) is 11.4. The number of piperidine rings is 1. The molecular formula is C25H27Cl2LiN4O3S. The number of H-pyrrole nitrogens is 1. The Morgan fingerprint density at radius 2 is 1.75 bits per heavy atom. The van der Waals surface area contributed by atoms with E-state index < -0.39 is 5.97 Å². The van der Waals surface area contributed by atoms with Gasteiger partial charge in [0.05, 0.1) is 15.7 Å². The van der Waals surface area contributed by atoms with Crippen molar-refractivity contribution in [3.8, 4) is 11.3 Å². The first-order chi connectivity index (χ1) is 16.5. The molecule has 2 aromatic heterocycles. The van der Waals surface area contributed by atoms with Crippen LogP contribution in [0.1, 0.15) is 52.2 Å². The number of rotatable bonds is 5. The molecular weight excluding hydrogens is 514 g/mol. The summed E-state index contributed by atoms with van der Waals surface area (Å²) in [6, 6.07) is 8.00. The number of anilines is 1. The molecule has 0 radical (unpaired) electrons. The third kappa shape index (κ3) is 4.82. The maximum atomic E-state index is 12.7. The van der Waals surface area contributed by atoms with Crippen LogP contribution in [0.5, 0.6) is 0 Å². The van der Waals surface area contributed by atoms with Gasteiger partial charge in [0.1, 0.15) is 10.6 Å². The number of thiazole rings is 1. The number of nitrogens with zero attached hydrogens (tertiary/aromatic N) is 2. The first kappa shape index (κ1) is 27.1. The van der Waals surface area contributed by atoms with Crippen molar-refractivity contribution in [3.63, 3.8) is 0 Å². The summed E-state index contributed by atoms with van der Waals surface area (Å²) in [5.41, 5.74) is 3.43. The molecule has 3 heterocycles. The predicted octanol–water partition coefficient (Wildman–Crippen LogP) is 4.97. The van der Waals surface area contributed by atoms with E-state index in [1.807, 2.05) is 24.3 Å². The molecule has 0 bridgehead atoms. The van der Waals surface area contributed by atoms with Gasteiger partial charge in [-0.25, -0.2) is 9.78 Å². The molecule has 1 aromatic carbocycles. The number of halogens is 2. The predicted molar refractivity (Wildman–Crippen MR) is 146 cm³/mol. The van der Waals surface area contributed by atoms with E-state index in [4.69, 9.17) is 28.2 Å². The quantitative estimate of drug-likeness (QED) is 0.397. The Labute approximate surface area is 235 Å². The molecule has 0 unspecified atom stereocenters. The fraction of sp³-hybridized carbons (Fsp3) is 0.400. The van der Waals surface area contributed by atoms with Crippen molar-refractivity contribution in [2.45, 2.75) is 39.2 Å². The summed E-state index contributed by atoms with van der Waals surface area (Å²) in [6.45, 7) is 9.61. The number of carbonyl (C=O) groups is 2. The SMILES string of the molecule is Cc1[nH]c(C(=O)N[C@H]2[C@@H]3CN(c4nc(-c5ccc(C(C)(C)C)cc5)c(C(=O)O)s4)C[C@@H]32)c(Cl)c1Cl.[LiH]. The van der Waals surface area contributed by atoms with Crippen LogP contribution in [-0.2, 0) is 5.41 Å². The first-order valence-corrected chi connectivity index (χ1v) is 13.0. The van der Waals surface area contributed by atoms with Gasteiger partial charge in [0, 0.05) is 42.2 Å². The Hall–Kier alpha value is -1.95. The Bertz CT molecular complexity index is 1320. The summed E-state index contributed by atoms with van der Waals surface area (Å²) in [5.74, 6) is -0.666. The number of aromatic nitrogens is 2. The van der Waals surface area contributed by atoms with Crippen LogP contribution < -0.4 is 10.2 Å². The van der Waals surface area contributed by atoms with E-state index in [2.05, 4.69) is 36.0 Å². The number of aryl methyl sites for hydroxylation is 1. The fourth-order valence-electron chi connectivity index (χ4n) is 4.76. The van der Waals surface area contributed by atoms with Crippen molar-refractivity contribution in [1.29, 1.82) is 0 Å². The van der Waals surface area contributed by atoms with Crippen molar-refractivity contribution >= 4 is 70.4 Å². The number of nitrogens with one attached hydrogen (secondary N) is 2. The van der Waals surface area contributed by atoms with Gasteiger partial charge in [-0.05, 0) is 17.9 Å². The van der Waals surface area contributed by atoms with Crippen molar-refractivity contribution in [1.82, 2.24) is 15.3 Å². The molecule has 3 aromatic rings. The van der Waals surface area contributed by atoms with Gasteiger partial charge in [-0.3, -0.25) is 4.79 Å². The van der Waals surface area contributed by atoms with Gasteiger partial charge in [0.25, 0.3) is 5.91 Å². The van der Waals surface area contributed by atoms with E-state index in [0.29, 0.717) is 34.6 Å². The monoisotopic (exact) mass is 540 g/mol. The van der Waals surface area contributed by atoms with Gasteiger partial charge in [0.15, 0.2) is 5.13 Å². The number of hydrogen-bond acceptors (Lipinski definition) is 5. The molecule has 7 nitrogen and oxygen atoms in total. The van der Waals surface area contributed by atoms with Gasteiger partial charge in [0.2, 0.25) is 0 Å². The fourth-order valence-corrected chi connectivity index (χ4v) is 6.12. The van der Waals surface area contributed by atoms with E-state index in [0.717, 1.165) is 5.56 Å². The van der Waals surface area contributed by atoms with Crippen LogP contribution in [0.3, 0.4) is 0 Å². The molecule has 5 rings (SSSR count). The topological polar surface area (TPSA) is 98.3 Å². The third-order valence-electron chi connectivity index (χ3n) is 6.88. The van der Waals surface area contributed by atoms with Gasteiger partial charge in [-0.1, -0.05) is 79.6 Å². The Balaban J connectivity index is 0.00000304. The number of amides is 1. The number of carbonyl (C=O) groups excluding carboxylic acids is 1. The van der Waals surface area contributed by atoms with E-state index in [9.17, 15) is 14.7 Å². The van der Waals surface area contributed by atoms with E-state index >= 15 is 0 Å². The average molecular weight is 541 g/mol. The molecule has 1 saturated carbocycles. The normalized spacial score (nSPS) is 20.6. The Morgan fingerprint density at radius 3 is 2.25 bits per heavy atom. The zero-order chi connectivity index (χ0) is 25.2. The minimum absolute atomic E-state index is 0. The Kier molecular flexibility index (Phi) is 7.33. The molecule has 1 saturated heterocycles. The van der Waals surface area contributed by atoms with Crippen LogP contribution in [0.25, 0.3) is 11.3 Å². The minimum atomic E-state index is -0.977. The average Bonchev–Trinajstić information content (AvgIpc) is 3.19. The zero-order valence-corrected chi connectivity index (χ0v) is 22.1. The number of benzene rings is 1. The van der Waals surface area contributed by atoms with Crippen molar-refractivity contribution < 1.29 is 14.7 Å². The summed E-state index contributed by atoms with van der Waals surface area (Å²) in [5, 5.41) is 14.2. The molecule has 1 aliphatic carbocycles. The van der Waals surface area contributed by atoms with Crippen LogP contribution in [-0.4, -0.2) is 64.9 Å². The van der Waals surface area contributed by atoms with Crippen LogP contribution >= 0.6 is 34.5 Å². The van der Waals surface area contributed by atoms with Crippen LogP contribution in [0.15, 0.2) is 24.3 Å². The maximum absolute atomic E-state index is 12.7.